The quantitative estimate of drug-likeness (QED) is 0.587. The van der Waals surface area contributed by atoms with Crippen molar-refractivity contribution in [2.75, 3.05) is 18.4 Å². The Labute approximate surface area is 186 Å². The summed E-state index contributed by atoms with van der Waals surface area (Å²) >= 11 is 0. The van der Waals surface area contributed by atoms with Crippen molar-refractivity contribution in [1.29, 1.82) is 0 Å². The number of para-hydroxylation sites is 1. The lowest BCUT2D eigenvalue weighted by Gasteiger charge is -2.19. The van der Waals surface area contributed by atoms with Gasteiger partial charge in [-0.3, -0.25) is 4.79 Å². The highest BCUT2D eigenvalue weighted by Crippen LogP contribution is 2.31. The number of amides is 3. The molecular formula is C22H20F3N5O3. The van der Waals surface area contributed by atoms with Gasteiger partial charge in [-0.2, -0.15) is 0 Å². The summed E-state index contributed by atoms with van der Waals surface area (Å²) in [5.41, 5.74) is 1.49. The molecule has 0 spiro atoms. The maximum absolute atomic E-state index is 12.8. The maximum atomic E-state index is 12.8. The summed E-state index contributed by atoms with van der Waals surface area (Å²) in [6.45, 7) is 2.30. The fraction of sp³-hybridized carbons (Fsp3) is 0.227. The number of benzene rings is 2. The van der Waals surface area contributed by atoms with Gasteiger partial charge in [-0.15, -0.1) is 18.3 Å². The lowest BCUT2D eigenvalue weighted by molar-refractivity contribution is -0.274. The minimum Gasteiger partial charge on any atom is -0.406 e. The minimum atomic E-state index is -4.82. The van der Waals surface area contributed by atoms with Crippen molar-refractivity contribution in [3.05, 3.63) is 60.7 Å². The number of nitrogens with one attached hydrogen (secondary N) is 2. The van der Waals surface area contributed by atoms with Crippen LogP contribution < -0.4 is 15.4 Å². The van der Waals surface area contributed by atoms with Crippen LogP contribution in [0.2, 0.25) is 0 Å². The maximum Gasteiger partial charge on any atom is 0.573 e. The zero-order valence-electron chi connectivity index (χ0n) is 17.5. The third-order valence-corrected chi connectivity index (χ3v) is 5.05. The van der Waals surface area contributed by atoms with E-state index in [1.807, 2.05) is 6.07 Å². The van der Waals surface area contributed by atoms with Gasteiger partial charge in [-0.1, -0.05) is 30.3 Å². The Balaban J connectivity index is 1.68. The molecule has 0 radical (unpaired) electrons. The fourth-order valence-corrected chi connectivity index (χ4v) is 3.61. The first-order valence-electron chi connectivity index (χ1n) is 10.1. The van der Waals surface area contributed by atoms with Gasteiger partial charge in [0.2, 0.25) is 5.91 Å². The summed E-state index contributed by atoms with van der Waals surface area (Å²) in [6.07, 6.45) is -4.82. The van der Waals surface area contributed by atoms with Crippen LogP contribution >= 0.6 is 0 Å². The van der Waals surface area contributed by atoms with Gasteiger partial charge in [-0.25, -0.2) is 9.48 Å². The monoisotopic (exact) mass is 459 g/mol. The molecule has 0 unspecified atom stereocenters. The van der Waals surface area contributed by atoms with Crippen LogP contribution in [0.25, 0.3) is 16.9 Å². The van der Waals surface area contributed by atoms with Crippen molar-refractivity contribution in [1.82, 2.24) is 20.0 Å². The van der Waals surface area contributed by atoms with Crippen molar-refractivity contribution < 1.29 is 27.5 Å². The van der Waals surface area contributed by atoms with E-state index < -0.39 is 18.3 Å². The molecular weight excluding hydrogens is 439 g/mol. The van der Waals surface area contributed by atoms with Crippen LogP contribution in [-0.4, -0.2) is 52.1 Å². The van der Waals surface area contributed by atoms with Crippen molar-refractivity contribution in [3.63, 3.8) is 0 Å². The number of carbonyl (C=O) groups is 2. The second-order valence-corrected chi connectivity index (χ2v) is 7.21. The molecule has 3 aromatic rings. The number of aromatic nitrogens is 2. The van der Waals surface area contributed by atoms with Gasteiger partial charge < -0.3 is 20.3 Å². The van der Waals surface area contributed by atoms with Crippen LogP contribution in [0.4, 0.5) is 23.8 Å². The summed E-state index contributed by atoms with van der Waals surface area (Å²) < 4.78 is 43.6. The first kappa shape index (κ1) is 22.2. The second kappa shape index (κ2) is 8.85. The third-order valence-electron chi connectivity index (χ3n) is 5.05. The molecule has 1 atom stereocenters. The van der Waals surface area contributed by atoms with E-state index in [-0.39, 0.29) is 24.1 Å². The first-order valence-corrected chi connectivity index (χ1v) is 10.1. The SMILES string of the molecule is CCN1C(=O)NC[C@H]1C(=O)Nc1cc(-c2cccc(OC(F)(F)F)c2)n(-c2ccccc2)n1. The number of hydrogen-bond acceptors (Lipinski definition) is 4. The molecule has 0 aliphatic carbocycles. The number of hydrogen-bond donors (Lipinski definition) is 2. The molecule has 1 saturated heterocycles. The molecule has 33 heavy (non-hydrogen) atoms. The Hall–Kier alpha value is -4.02. The summed E-state index contributed by atoms with van der Waals surface area (Å²) in [5, 5.41) is 9.77. The van der Waals surface area contributed by atoms with E-state index in [0.717, 1.165) is 0 Å². The predicted molar refractivity (Wildman–Crippen MR) is 114 cm³/mol. The molecule has 8 nitrogen and oxygen atoms in total. The van der Waals surface area contributed by atoms with E-state index in [0.29, 0.717) is 23.5 Å². The molecule has 1 aliphatic rings. The molecule has 1 fully saturated rings. The Morgan fingerprint density at radius 3 is 2.64 bits per heavy atom. The van der Waals surface area contributed by atoms with Gasteiger partial charge >= 0.3 is 12.4 Å². The molecule has 2 heterocycles. The number of anilines is 1. The first-order chi connectivity index (χ1) is 15.7. The largest absolute Gasteiger partial charge is 0.573 e. The number of urea groups is 1. The average Bonchev–Trinajstić information content (AvgIpc) is 3.36. The number of carbonyl (C=O) groups excluding carboxylic acids is 2. The molecule has 3 amide bonds. The van der Waals surface area contributed by atoms with Gasteiger partial charge in [0.1, 0.15) is 11.8 Å². The number of halogens is 3. The Bertz CT molecular complexity index is 1160. The molecule has 2 N–H and O–H groups in total. The van der Waals surface area contributed by atoms with Crippen LogP contribution in [0.15, 0.2) is 60.7 Å². The van der Waals surface area contributed by atoms with Crippen LogP contribution in [0, 0.1) is 0 Å². The Morgan fingerprint density at radius 2 is 1.94 bits per heavy atom. The van der Waals surface area contributed by atoms with Gasteiger partial charge in [0, 0.05) is 24.7 Å². The van der Waals surface area contributed by atoms with Crippen molar-refractivity contribution in [2.45, 2.75) is 19.3 Å². The lowest BCUT2D eigenvalue weighted by Crippen LogP contribution is -2.42. The molecule has 172 valence electrons. The Morgan fingerprint density at radius 1 is 1.18 bits per heavy atom. The molecule has 1 aliphatic heterocycles. The van der Waals surface area contributed by atoms with Crippen LogP contribution in [-0.2, 0) is 4.79 Å². The lowest BCUT2D eigenvalue weighted by atomic mass is 10.1. The van der Waals surface area contributed by atoms with Crippen LogP contribution in [0.5, 0.6) is 5.75 Å². The number of alkyl halides is 3. The van der Waals surface area contributed by atoms with E-state index in [1.165, 1.54) is 27.8 Å². The number of rotatable bonds is 6. The number of nitrogens with zero attached hydrogens (tertiary/aromatic N) is 3. The standard InChI is InChI=1S/C22H20F3N5O3/c1-2-29-18(13-26-21(29)32)20(31)27-19-12-17(30(28-19)15-8-4-3-5-9-15)14-7-6-10-16(11-14)33-22(23,24)25/h3-12,18H,2,13H2,1H3,(H,26,32)(H,27,28,31)/t18-/m0/s1. The average molecular weight is 459 g/mol. The summed E-state index contributed by atoms with van der Waals surface area (Å²) in [4.78, 5) is 26.1. The summed E-state index contributed by atoms with van der Waals surface area (Å²) in [6, 6.07) is 15.0. The summed E-state index contributed by atoms with van der Waals surface area (Å²) in [5.74, 6) is -0.606. The Kier molecular flexibility index (Phi) is 5.95. The normalized spacial score (nSPS) is 15.9. The second-order valence-electron chi connectivity index (χ2n) is 7.21. The van der Waals surface area contributed by atoms with Crippen LogP contribution in [0.3, 0.4) is 0 Å². The molecule has 11 heteroatoms. The van der Waals surface area contributed by atoms with Gasteiger partial charge in [0.05, 0.1) is 11.4 Å². The zero-order valence-corrected chi connectivity index (χ0v) is 17.5. The summed E-state index contributed by atoms with van der Waals surface area (Å²) in [7, 11) is 0. The predicted octanol–water partition coefficient (Wildman–Crippen LogP) is 3.79. The number of likely N-dealkylation sites (N-methyl/N-ethyl adjacent to an activating group) is 1. The van der Waals surface area contributed by atoms with Crippen molar-refractivity contribution in [3.8, 4) is 22.7 Å². The van der Waals surface area contributed by atoms with Crippen LogP contribution in [0.1, 0.15) is 6.92 Å². The van der Waals surface area contributed by atoms with Gasteiger partial charge in [0.25, 0.3) is 0 Å². The molecule has 4 rings (SSSR count). The smallest absolute Gasteiger partial charge is 0.406 e. The highest BCUT2D eigenvalue weighted by Gasteiger charge is 2.35. The third kappa shape index (κ3) is 4.92. The van der Waals surface area contributed by atoms with E-state index in [4.69, 9.17) is 0 Å². The molecule has 0 bridgehead atoms. The van der Waals surface area contributed by atoms with E-state index in [2.05, 4.69) is 20.5 Å². The van der Waals surface area contributed by atoms with Crippen molar-refractivity contribution in [2.24, 2.45) is 0 Å². The van der Waals surface area contributed by atoms with E-state index >= 15 is 0 Å². The minimum absolute atomic E-state index is 0.168. The highest BCUT2D eigenvalue weighted by atomic mass is 19.4. The van der Waals surface area contributed by atoms with Gasteiger partial charge in [-0.05, 0) is 31.2 Å². The highest BCUT2D eigenvalue weighted by molar-refractivity contribution is 5.98. The van der Waals surface area contributed by atoms with E-state index in [9.17, 15) is 22.8 Å². The van der Waals surface area contributed by atoms with Crippen molar-refractivity contribution >= 4 is 17.8 Å². The topological polar surface area (TPSA) is 88.5 Å². The molecule has 0 saturated carbocycles. The van der Waals surface area contributed by atoms with Gasteiger partial charge in [0.15, 0.2) is 5.82 Å². The fourth-order valence-electron chi connectivity index (χ4n) is 3.61. The zero-order chi connectivity index (χ0) is 23.6. The number of ether oxygens (including phenoxy) is 1. The molecule has 2 aromatic carbocycles. The van der Waals surface area contributed by atoms with E-state index in [1.54, 1.807) is 43.3 Å². The molecule has 1 aromatic heterocycles.